The Morgan fingerprint density at radius 3 is 1.31 bits per heavy atom. The van der Waals surface area contributed by atoms with Crippen molar-refractivity contribution in [1.29, 1.82) is 0 Å². The highest BCUT2D eigenvalue weighted by Gasteiger charge is 2.40. The average Bonchev–Trinajstić information content (AvgIpc) is 1.59. The van der Waals surface area contributed by atoms with Crippen LogP contribution >= 0.6 is 0 Å². The van der Waals surface area contributed by atoms with Crippen molar-refractivity contribution in [2.75, 3.05) is 13.1 Å². The van der Waals surface area contributed by atoms with Crippen LogP contribution in [0.1, 0.15) is 260 Å². The lowest BCUT2D eigenvalue weighted by atomic mass is 9.96. The van der Waals surface area contributed by atoms with Gasteiger partial charge in [-0.15, -0.1) is 0 Å². The van der Waals surface area contributed by atoms with Crippen molar-refractivity contribution in [2.45, 2.75) is 347 Å². The van der Waals surface area contributed by atoms with E-state index < -0.39 is 254 Å². The van der Waals surface area contributed by atoms with Crippen molar-refractivity contribution in [2.24, 2.45) is 29.2 Å². The first-order valence-corrected chi connectivity index (χ1v) is 47.0. The highest BCUT2D eigenvalue weighted by atomic mass is 19.4. The fraction of sp³-hybridized carbons (Fsp3) is 0.634. The van der Waals surface area contributed by atoms with Crippen LogP contribution in [0.25, 0.3) is 10.9 Å². The number of nitrogens with two attached hydrogens (primary N) is 2. The molecule has 24 N–H and O–H groups in total. The number of fused-ring (bicyclic) bond motifs is 1. The van der Waals surface area contributed by atoms with Crippen LogP contribution < -0.4 is 85.9 Å². The summed E-state index contributed by atoms with van der Waals surface area (Å²) in [6.45, 7) is 15.4. The van der Waals surface area contributed by atoms with Gasteiger partial charge in [0.05, 0.1) is 12.6 Å². The molecule has 0 radical (unpaired) electrons. The number of nitrogens with one attached hydrogen (secondary N) is 15. The standard InChI is InChI=1S/C91H143N17O23.C2HF3O2/c1-11-13-14-15-16-17-18-19-20-21-22-23-27-37-74(111)101-68(90(128)129)39-43-73(110)94-46-31-30-36-64(102-80(118)57(9)97-79(117)56(8)98-84(122)66(38-42-72(93)109)100-75(112)52-96-83(121)65(40-44-76(113)114)103-82(120)62(92)47-53(3)4)85(123)104-67(41-45-77(115)116)86(124)106-69(49-59-32-25-24-26-33-59)88(126)108-78(55(7)12-2)89(127)99-58(10)81(119)105-70(87(125)107-71(91(130)131)48-54(5)6)50-60-51-95-63-35-29-28-34-61(60)63;3-2(4,5)1(6)7/h24-26,28-29,32-35,51,53-58,62,64-71,78,95H,11-23,27,30-31,36-50,52,92H2,1-10H3,(H2,93,109)(H,94,110)(H,96,121)(H,97,117)(H,98,122)(H,99,127)(H,100,112)(H,101,111)(H,102,118)(H,103,120)(H,104,123)(H,105,119)(H,106,124)(H,107,125)(H,108,126)(H,113,114)(H,115,116)(H,128,129)(H,130,131);(H,6,7)/t55-,56-,57-,58-,62-,64-,65-,66-,67-,68-,69-,70-,71-,78-;/m0./s1. The van der Waals surface area contributed by atoms with Gasteiger partial charge in [-0.2, -0.15) is 13.2 Å². The summed E-state index contributed by atoms with van der Waals surface area (Å²) in [5.41, 5.74) is 13.1. The molecule has 2 aromatic carbocycles. The molecular weight excluding hydrogens is 1810 g/mol. The molecule has 1 heterocycles. The molecule has 1 aromatic heterocycles. The van der Waals surface area contributed by atoms with Crippen molar-refractivity contribution >= 4 is 129 Å². The Bertz CT molecular complexity index is 4480. The van der Waals surface area contributed by atoms with Gasteiger partial charge in [0.25, 0.3) is 0 Å². The summed E-state index contributed by atoms with van der Waals surface area (Å²) in [5, 5.41) is 82.2. The number of para-hydroxylation sites is 1. The van der Waals surface area contributed by atoms with Crippen molar-refractivity contribution in [3.63, 3.8) is 0 Å². The number of hydrogen-bond donors (Lipinski definition) is 22. The number of carbonyl (C=O) groups excluding carboxylic acids is 15. The smallest absolute Gasteiger partial charge is 0.481 e. The first kappa shape index (κ1) is 121. The monoisotopic (exact) mass is 1960 g/mol. The number of unbranched alkanes of at least 4 members (excludes halogenated alkanes) is 13. The Morgan fingerprint density at radius 1 is 0.377 bits per heavy atom. The van der Waals surface area contributed by atoms with Crippen molar-refractivity contribution in [3.8, 4) is 0 Å². The van der Waals surface area contributed by atoms with E-state index in [4.69, 9.17) is 21.4 Å². The van der Waals surface area contributed by atoms with Gasteiger partial charge in [-0.05, 0) is 120 Å². The van der Waals surface area contributed by atoms with E-state index in [1.807, 2.05) is 0 Å². The molecule has 138 heavy (non-hydrogen) atoms. The number of amides is 15. The van der Waals surface area contributed by atoms with Gasteiger partial charge >= 0.3 is 36.0 Å². The molecule has 772 valence electrons. The fourth-order valence-corrected chi connectivity index (χ4v) is 14.2. The predicted octanol–water partition coefficient (Wildman–Crippen LogP) is 3.76. The number of aromatic amines is 1. The van der Waals surface area contributed by atoms with Gasteiger partial charge in [0.15, 0.2) is 0 Å². The number of carboxylic acid groups (broad SMARTS) is 5. The maximum atomic E-state index is 14.9. The molecule has 0 saturated heterocycles. The van der Waals surface area contributed by atoms with Gasteiger partial charge < -0.3 is 116 Å². The molecule has 3 aromatic rings. The molecule has 0 fully saturated rings. The summed E-state index contributed by atoms with van der Waals surface area (Å²) >= 11 is 0. The van der Waals surface area contributed by atoms with Crippen LogP contribution in [0, 0.1) is 17.8 Å². The van der Waals surface area contributed by atoms with Gasteiger partial charge in [0, 0.05) is 68.6 Å². The first-order chi connectivity index (χ1) is 65.0. The summed E-state index contributed by atoms with van der Waals surface area (Å²) in [4.78, 5) is 267. The number of rotatable bonds is 68. The van der Waals surface area contributed by atoms with E-state index in [-0.39, 0.29) is 89.0 Å². The molecule has 14 atom stereocenters. The molecule has 0 saturated carbocycles. The summed E-state index contributed by atoms with van der Waals surface area (Å²) in [5.74, 6) is -22.7. The zero-order chi connectivity index (χ0) is 104. The molecule has 3 rings (SSSR count). The minimum atomic E-state index is -5.08. The number of aromatic nitrogens is 1. The second-order valence-corrected chi connectivity index (χ2v) is 35.2. The van der Waals surface area contributed by atoms with E-state index >= 15 is 0 Å². The van der Waals surface area contributed by atoms with Crippen molar-refractivity contribution in [1.82, 2.24) is 79.4 Å². The zero-order valence-electron chi connectivity index (χ0n) is 80.3. The van der Waals surface area contributed by atoms with Crippen LogP contribution in [0.5, 0.6) is 0 Å². The minimum Gasteiger partial charge on any atom is -0.481 e. The van der Waals surface area contributed by atoms with Crippen molar-refractivity contribution in [3.05, 3.63) is 71.9 Å². The van der Waals surface area contributed by atoms with Crippen LogP contribution in [-0.2, 0) is 109 Å². The van der Waals surface area contributed by atoms with Gasteiger partial charge in [-0.1, -0.05) is 180 Å². The topological polar surface area (TPSA) is 679 Å². The third-order valence-electron chi connectivity index (χ3n) is 22.3. The quantitative estimate of drug-likeness (QED) is 0.0358. The highest BCUT2D eigenvalue weighted by Crippen LogP contribution is 2.22. The third-order valence-corrected chi connectivity index (χ3v) is 22.3. The third kappa shape index (κ3) is 50.3. The number of carbonyl (C=O) groups is 20. The largest absolute Gasteiger partial charge is 0.490 e. The molecular formula is C93H144F3N17O25. The number of hydrogen-bond acceptors (Lipinski definition) is 21. The Morgan fingerprint density at radius 2 is 0.790 bits per heavy atom. The van der Waals surface area contributed by atoms with E-state index in [1.165, 1.54) is 65.7 Å². The average molecular weight is 1960 g/mol. The zero-order valence-corrected chi connectivity index (χ0v) is 80.3. The number of alkyl halides is 3. The van der Waals surface area contributed by atoms with Crippen LogP contribution in [0.2, 0.25) is 0 Å². The van der Waals surface area contributed by atoms with E-state index in [1.54, 1.807) is 102 Å². The summed E-state index contributed by atoms with van der Waals surface area (Å²) < 4.78 is 31.7. The van der Waals surface area contributed by atoms with Gasteiger partial charge in [0.2, 0.25) is 88.6 Å². The molecule has 42 nitrogen and oxygen atoms in total. The molecule has 0 aliphatic rings. The Kier molecular flexibility index (Phi) is 57.1. The number of benzene rings is 2. The Labute approximate surface area is 800 Å². The molecule has 0 aliphatic carbocycles. The Balaban J connectivity index is 0.00000882. The number of aliphatic carboxylic acids is 5. The Hall–Kier alpha value is -12.9. The molecule has 15 amide bonds. The molecule has 0 unspecified atom stereocenters. The lowest BCUT2D eigenvalue weighted by Gasteiger charge is -2.29. The highest BCUT2D eigenvalue weighted by molar-refractivity contribution is 6.00. The first-order valence-electron chi connectivity index (χ1n) is 47.0. The second kappa shape index (κ2) is 65.0. The summed E-state index contributed by atoms with van der Waals surface area (Å²) in [7, 11) is 0. The fourth-order valence-electron chi connectivity index (χ4n) is 14.2. The van der Waals surface area contributed by atoms with E-state index in [0.29, 0.717) is 17.5 Å². The van der Waals surface area contributed by atoms with E-state index in [2.05, 4.69) is 86.3 Å². The summed E-state index contributed by atoms with van der Waals surface area (Å²) in [6, 6.07) is -3.93. The maximum Gasteiger partial charge on any atom is 0.490 e. The number of primary amides is 1. The lowest BCUT2D eigenvalue weighted by Crippen LogP contribution is -2.61. The number of H-pyrrole nitrogens is 1. The lowest BCUT2D eigenvalue weighted by molar-refractivity contribution is -0.192. The van der Waals surface area contributed by atoms with Crippen LogP contribution in [0.15, 0.2) is 60.8 Å². The molecule has 0 aliphatic heterocycles. The minimum absolute atomic E-state index is 0.00867. The van der Waals surface area contributed by atoms with E-state index in [9.17, 15) is 125 Å². The molecule has 0 spiro atoms. The SMILES string of the molecule is CCCCCCCCCCCCCCCC(=O)N[C@@H](CCC(=O)NCCCC[C@H](NC(=O)[C@H](C)NC(=O)[C@H](C)NC(=O)[C@H](CCC(N)=O)NC(=O)CNC(=O)[C@H](CCC(=O)O)NC(=O)[C@@H](N)CC(C)C)C(=O)N[C@@H](CCC(=O)O)C(=O)N[C@@H](Cc1ccccc1)C(=O)N[C@H](C(=O)N[C@@H](C)C(=O)N[C@@H](Cc1c[nH]c2ccccc12)C(=O)N[C@@H](CC(C)C)C(=O)O)[C@@H](C)CC)C(=O)O.O=C(O)C(F)(F)F. The number of halogens is 3. The summed E-state index contributed by atoms with van der Waals surface area (Å²) in [6.07, 6.45) is 6.92. The predicted molar refractivity (Wildman–Crippen MR) is 499 cm³/mol. The van der Waals surface area contributed by atoms with Gasteiger partial charge in [-0.3, -0.25) is 81.5 Å². The molecule has 45 heteroatoms. The maximum absolute atomic E-state index is 14.9. The number of carboxylic acids is 5. The van der Waals surface area contributed by atoms with Gasteiger partial charge in [0.1, 0.15) is 72.5 Å². The van der Waals surface area contributed by atoms with Crippen molar-refractivity contribution < 1.29 is 135 Å². The molecule has 0 bridgehead atoms. The van der Waals surface area contributed by atoms with E-state index in [0.717, 1.165) is 43.0 Å². The van der Waals surface area contributed by atoms with Crippen LogP contribution in [0.4, 0.5) is 13.2 Å². The van der Waals surface area contributed by atoms with Crippen LogP contribution in [0.3, 0.4) is 0 Å². The normalized spacial score (nSPS) is 14.3. The van der Waals surface area contributed by atoms with Crippen LogP contribution in [-0.4, -0.2) is 247 Å². The second-order valence-electron chi connectivity index (χ2n) is 35.2. The van der Waals surface area contributed by atoms with Gasteiger partial charge in [-0.25, -0.2) is 14.4 Å².